The standard InChI is InChI=1S/C20H26N4O5/c1-2-9-23-15-5-3-4-6-16(15)24(20(23)28)12-18(26)29-13-17(25)22-10-7-14(8-11-22)19(21)27/h3-6,14H,2,7-13H2,1H3,(H2,21,27). The van der Waals surface area contributed by atoms with Crippen LogP contribution in [0.2, 0.25) is 0 Å². The quantitative estimate of drug-likeness (QED) is 0.676. The van der Waals surface area contributed by atoms with Gasteiger partial charge in [-0.2, -0.15) is 0 Å². The van der Waals surface area contributed by atoms with Crippen LogP contribution >= 0.6 is 0 Å². The van der Waals surface area contributed by atoms with Crippen molar-refractivity contribution < 1.29 is 19.1 Å². The predicted octanol–water partition coefficient (Wildman–Crippen LogP) is 0.480. The van der Waals surface area contributed by atoms with Crippen molar-refractivity contribution in [2.45, 2.75) is 39.3 Å². The number of imidazole rings is 1. The van der Waals surface area contributed by atoms with E-state index in [2.05, 4.69) is 0 Å². The molecule has 2 aromatic rings. The Morgan fingerprint density at radius 3 is 2.31 bits per heavy atom. The van der Waals surface area contributed by atoms with Gasteiger partial charge in [0.25, 0.3) is 5.91 Å². The number of hydrogen-bond donors (Lipinski definition) is 1. The van der Waals surface area contributed by atoms with E-state index in [-0.39, 0.29) is 36.6 Å². The zero-order valence-electron chi connectivity index (χ0n) is 16.5. The Bertz CT molecular complexity index is 969. The first-order valence-electron chi connectivity index (χ1n) is 9.83. The number of rotatable bonds is 7. The van der Waals surface area contributed by atoms with Gasteiger partial charge in [0.05, 0.1) is 11.0 Å². The monoisotopic (exact) mass is 402 g/mol. The molecule has 1 aromatic heterocycles. The molecule has 3 rings (SSSR count). The Morgan fingerprint density at radius 2 is 1.72 bits per heavy atom. The van der Waals surface area contributed by atoms with Gasteiger partial charge in [-0.25, -0.2) is 4.79 Å². The van der Waals surface area contributed by atoms with Gasteiger partial charge in [-0.1, -0.05) is 19.1 Å². The fraction of sp³-hybridized carbons (Fsp3) is 0.500. The molecule has 0 bridgehead atoms. The number of ether oxygens (including phenoxy) is 1. The third kappa shape index (κ3) is 4.49. The summed E-state index contributed by atoms with van der Waals surface area (Å²) in [5.41, 5.74) is 6.44. The normalized spacial score (nSPS) is 14.9. The van der Waals surface area contributed by atoms with Crippen LogP contribution in [-0.2, 0) is 32.2 Å². The zero-order chi connectivity index (χ0) is 21.0. The Balaban J connectivity index is 1.60. The molecule has 1 aliphatic rings. The maximum atomic E-state index is 12.7. The molecule has 1 saturated heterocycles. The number of fused-ring (bicyclic) bond motifs is 1. The minimum absolute atomic E-state index is 0.214. The first-order valence-corrected chi connectivity index (χ1v) is 9.83. The number of aromatic nitrogens is 2. The van der Waals surface area contributed by atoms with Gasteiger partial charge in [0, 0.05) is 25.6 Å². The molecule has 0 saturated carbocycles. The number of benzene rings is 1. The number of para-hydroxylation sites is 2. The van der Waals surface area contributed by atoms with Crippen molar-refractivity contribution in [2.75, 3.05) is 19.7 Å². The molecular formula is C20H26N4O5. The van der Waals surface area contributed by atoms with E-state index in [9.17, 15) is 19.2 Å². The minimum atomic E-state index is -0.646. The Morgan fingerprint density at radius 1 is 1.10 bits per heavy atom. The first kappa shape index (κ1) is 20.6. The SMILES string of the molecule is CCCn1c(=O)n(CC(=O)OCC(=O)N2CCC(C(N)=O)CC2)c2ccccc21. The molecule has 0 unspecified atom stereocenters. The van der Waals surface area contributed by atoms with Gasteiger partial charge < -0.3 is 15.4 Å². The summed E-state index contributed by atoms with van der Waals surface area (Å²) >= 11 is 0. The molecule has 156 valence electrons. The van der Waals surface area contributed by atoms with Crippen LogP contribution in [0.5, 0.6) is 0 Å². The molecule has 0 spiro atoms. The van der Waals surface area contributed by atoms with Crippen LogP contribution in [0.1, 0.15) is 26.2 Å². The molecule has 2 heterocycles. The third-order valence-electron chi connectivity index (χ3n) is 5.27. The molecule has 1 aliphatic heterocycles. The Kier molecular flexibility index (Phi) is 6.36. The number of nitrogens with two attached hydrogens (primary N) is 1. The lowest BCUT2D eigenvalue weighted by Gasteiger charge is -2.30. The van der Waals surface area contributed by atoms with Crippen LogP contribution in [0.25, 0.3) is 11.0 Å². The molecule has 2 amide bonds. The van der Waals surface area contributed by atoms with E-state index in [1.165, 1.54) is 4.57 Å². The van der Waals surface area contributed by atoms with Crippen molar-refractivity contribution in [2.24, 2.45) is 11.7 Å². The summed E-state index contributed by atoms with van der Waals surface area (Å²) in [6, 6.07) is 7.27. The van der Waals surface area contributed by atoms with E-state index in [4.69, 9.17) is 10.5 Å². The molecule has 0 aliphatic carbocycles. The lowest BCUT2D eigenvalue weighted by atomic mass is 9.96. The van der Waals surface area contributed by atoms with Gasteiger partial charge >= 0.3 is 11.7 Å². The van der Waals surface area contributed by atoms with E-state index in [0.717, 1.165) is 11.9 Å². The number of amides is 2. The van der Waals surface area contributed by atoms with E-state index in [0.29, 0.717) is 38.0 Å². The molecule has 2 N–H and O–H groups in total. The maximum absolute atomic E-state index is 12.7. The van der Waals surface area contributed by atoms with Gasteiger partial charge in [0.2, 0.25) is 5.91 Å². The van der Waals surface area contributed by atoms with Crippen LogP contribution in [0, 0.1) is 5.92 Å². The minimum Gasteiger partial charge on any atom is -0.454 e. The van der Waals surface area contributed by atoms with Crippen LogP contribution in [0.4, 0.5) is 0 Å². The summed E-state index contributed by atoms with van der Waals surface area (Å²) in [6.07, 6.45) is 1.82. The number of nitrogens with zero attached hydrogens (tertiary/aromatic N) is 3. The average molecular weight is 402 g/mol. The van der Waals surface area contributed by atoms with E-state index < -0.39 is 5.97 Å². The van der Waals surface area contributed by atoms with Crippen LogP contribution < -0.4 is 11.4 Å². The predicted molar refractivity (Wildman–Crippen MR) is 106 cm³/mol. The summed E-state index contributed by atoms with van der Waals surface area (Å²) in [4.78, 5) is 50.0. The van der Waals surface area contributed by atoms with Gasteiger partial charge in [-0.05, 0) is 31.4 Å². The third-order valence-corrected chi connectivity index (χ3v) is 5.27. The molecular weight excluding hydrogens is 376 g/mol. The number of piperidine rings is 1. The molecule has 0 radical (unpaired) electrons. The fourth-order valence-electron chi connectivity index (χ4n) is 3.69. The van der Waals surface area contributed by atoms with Crippen molar-refractivity contribution in [3.05, 3.63) is 34.7 Å². The largest absolute Gasteiger partial charge is 0.454 e. The molecule has 1 fully saturated rings. The Hall–Kier alpha value is -3.10. The number of carbonyl (C=O) groups is 3. The lowest BCUT2D eigenvalue weighted by Crippen LogP contribution is -2.43. The molecule has 9 heteroatoms. The molecule has 1 aromatic carbocycles. The summed E-state index contributed by atoms with van der Waals surface area (Å²) < 4.78 is 8.12. The van der Waals surface area contributed by atoms with Gasteiger partial charge in [0.15, 0.2) is 6.61 Å². The number of esters is 1. The number of aryl methyl sites for hydroxylation is 1. The van der Waals surface area contributed by atoms with Crippen molar-refractivity contribution in [1.29, 1.82) is 0 Å². The summed E-state index contributed by atoms with van der Waals surface area (Å²) in [6.45, 7) is 2.71. The van der Waals surface area contributed by atoms with Crippen LogP contribution in [0.3, 0.4) is 0 Å². The maximum Gasteiger partial charge on any atom is 0.329 e. The number of likely N-dealkylation sites (tertiary alicyclic amines) is 1. The highest BCUT2D eigenvalue weighted by atomic mass is 16.5. The highest BCUT2D eigenvalue weighted by Crippen LogP contribution is 2.17. The number of hydrogen-bond acceptors (Lipinski definition) is 5. The summed E-state index contributed by atoms with van der Waals surface area (Å²) in [5, 5.41) is 0. The van der Waals surface area contributed by atoms with Crippen molar-refractivity contribution in [3.8, 4) is 0 Å². The van der Waals surface area contributed by atoms with Gasteiger partial charge in [-0.15, -0.1) is 0 Å². The van der Waals surface area contributed by atoms with Crippen molar-refractivity contribution >= 4 is 28.8 Å². The van der Waals surface area contributed by atoms with E-state index in [1.54, 1.807) is 21.6 Å². The second-order valence-corrected chi connectivity index (χ2v) is 7.23. The second-order valence-electron chi connectivity index (χ2n) is 7.23. The highest BCUT2D eigenvalue weighted by Gasteiger charge is 2.26. The number of primary amides is 1. The number of carbonyl (C=O) groups excluding carboxylic acids is 3. The van der Waals surface area contributed by atoms with Crippen molar-refractivity contribution in [3.63, 3.8) is 0 Å². The highest BCUT2D eigenvalue weighted by molar-refractivity contribution is 5.82. The molecule has 9 nitrogen and oxygen atoms in total. The van der Waals surface area contributed by atoms with Gasteiger partial charge in [0.1, 0.15) is 6.54 Å². The van der Waals surface area contributed by atoms with Crippen LogP contribution in [-0.4, -0.2) is 51.5 Å². The second kappa shape index (κ2) is 8.93. The molecule has 0 atom stereocenters. The topological polar surface area (TPSA) is 117 Å². The summed E-state index contributed by atoms with van der Waals surface area (Å²) in [7, 11) is 0. The van der Waals surface area contributed by atoms with E-state index in [1.807, 2.05) is 19.1 Å². The van der Waals surface area contributed by atoms with Crippen molar-refractivity contribution in [1.82, 2.24) is 14.0 Å². The fourth-order valence-corrected chi connectivity index (χ4v) is 3.69. The van der Waals surface area contributed by atoms with E-state index >= 15 is 0 Å². The average Bonchev–Trinajstić information content (AvgIpc) is 2.98. The zero-order valence-corrected chi connectivity index (χ0v) is 16.5. The molecule has 29 heavy (non-hydrogen) atoms. The van der Waals surface area contributed by atoms with Gasteiger partial charge in [-0.3, -0.25) is 23.5 Å². The summed E-state index contributed by atoms with van der Waals surface area (Å²) in [5.74, 6) is -1.53. The van der Waals surface area contributed by atoms with Crippen LogP contribution in [0.15, 0.2) is 29.1 Å². The smallest absolute Gasteiger partial charge is 0.329 e. The lowest BCUT2D eigenvalue weighted by molar-refractivity contribution is -0.153. The Labute approximate surface area is 168 Å². The first-order chi connectivity index (χ1) is 13.9.